The molecule has 0 unspecified atom stereocenters. The van der Waals surface area contributed by atoms with Crippen molar-refractivity contribution in [2.45, 2.75) is 26.7 Å². The number of aryl methyl sites for hydroxylation is 1. The molecule has 1 fully saturated rings. The molecule has 22 heavy (non-hydrogen) atoms. The number of carbonyl (C=O) groups excluding carboxylic acids is 1. The van der Waals surface area contributed by atoms with E-state index in [9.17, 15) is 9.90 Å². The van der Waals surface area contributed by atoms with Crippen molar-refractivity contribution in [1.82, 2.24) is 9.78 Å². The van der Waals surface area contributed by atoms with Gasteiger partial charge in [-0.05, 0) is 25.0 Å². The predicted molar refractivity (Wildman–Crippen MR) is 84.7 cm³/mol. The molecule has 0 bridgehead atoms. The number of carbonyl (C=O) groups is 1. The van der Waals surface area contributed by atoms with Crippen molar-refractivity contribution in [2.24, 2.45) is 13.0 Å². The minimum Gasteiger partial charge on any atom is -0.507 e. The van der Waals surface area contributed by atoms with Gasteiger partial charge < -0.3 is 9.84 Å². The van der Waals surface area contributed by atoms with Crippen LogP contribution in [0.5, 0.6) is 5.75 Å². The van der Waals surface area contributed by atoms with Gasteiger partial charge in [-0.3, -0.25) is 4.68 Å². The normalized spacial score (nSPS) is 13.2. The summed E-state index contributed by atoms with van der Waals surface area (Å²) in [5.41, 5.74) is 1.45. The predicted octanol–water partition coefficient (Wildman–Crippen LogP) is 3.39. The summed E-state index contributed by atoms with van der Waals surface area (Å²) in [6.45, 7) is 4.32. The smallest absolute Gasteiger partial charge is 0.341 e. The van der Waals surface area contributed by atoms with Gasteiger partial charge in [-0.1, -0.05) is 31.9 Å². The van der Waals surface area contributed by atoms with Gasteiger partial charge in [0.05, 0.1) is 18.5 Å². The molecule has 1 heterocycles. The van der Waals surface area contributed by atoms with Crippen molar-refractivity contribution in [3.05, 3.63) is 36.0 Å². The molecule has 2 aromatic rings. The van der Waals surface area contributed by atoms with Crippen molar-refractivity contribution in [3.63, 3.8) is 0 Å². The third-order valence-corrected chi connectivity index (χ3v) is 3.46. The van der Waals surface area contributed by atoms with Gasteiger partial charge in [0.15, 0.2) is 0 Å². The molecule has 0 saturated heterocycles. The highest BCUT2D eigenvalue weighted by molar-refractivity contribution is 5.96. The lowest BCUT2D eigenvalue weighted by atomic mass is 10.1. The number of phenols is 1. The number of rotatable bonds is 3. The van der Waals surface area contributed by atoms with Crippen LogP contribution in [0.4, 0.5) is 0 Å². The first-order chi connectivity index (χ1) is 10.5. The van der Waals surface area contributed by atoms with E-state index in [4.69, 9.17) is 4.74 Å². The second kappa shape index (κ2) is 7.11. The molecule has 1 aromatic heterocycles. The summed E-state index contributed by atoms with van der Waals surface area (Å²) >= 11 is 0. The molecule has 1 saturated carbocycles. The Bertz CT molecular complexity index is 645. The highest BCUT2D eigenvalue weighted by atomic mass is 16.5. The van der Waals surface area contributed by atoms with Crippen LogP contribution in [0.15, 0.2) is 30.5 Å². The molecule has 0 amide bonds. The topological polar surface area (TPSA) is 64.3 Å². The molecule has 1 aromatic carbocycles. The molecule has 1 aliphatic rings. The molecular formula is C17H22N2O3. The molecule has 0 radical (unpaired) electrons. The van der Waals surface area contributed by atoms with E-state index >= 15 is 0 Å². The van der Waals surface area contributed by atoms with Gasteiger partial charge in [-0.2, -0.15) is 5.10 Å². The first-order valence-electron chi connectivity index (χ1n) is 7.52. The van der Waals surface area contributed by atoms with Crippen LogP contribution in [-0.4, -0.2) is 27.5 Å². The van der Waals surface area contributed by atoms with E-state index in [-0.39, 0.29) is 5.75 Å². The van der Waals surface area contributed by atoms with Gasteiger partial charge >= 0.3 is 5.97 Å². The van der Waals surface area contributed by atoms with Gasteiger partial charge in [0.1, 0.15) is 11.3 Å². The van der Waals surface area contributed by atoms with Crippen LogP contribution < -0.4 is 0 Å². The van der Waals surface area contributed by atoms with Crippen LogP contribution in [0.3, 0.4) is 0 Å². The fourth-order valence-corrected chi connectivity index (χ4v) is 1.96. The molecule has 0 spiro atoms. The highest BCUT2D eigenvalue weighted by Gasteiger charge is 2.20. The van der Waals surface area contributed by atoms with Crippen LogP contribution in [0.2, 0.25) is 0 Å². The van der Waals surface area contributed by atoms with E-state index in [0.717, 1.165) is 5.92 Å². The van der Waals surface area contributed by atoms with Crippen LogP contribution in [-0.2, 0) is 11.8 Å². The minimum atomic E-state index is -0.441. The molecule has 5 heteroatoms. The first-order valence-corrected chi connectivity index (χ1v) is 7.52. The van der Waals surface area contributed by atoms with Crippen molar-refractivity contribution in [2.75, 3.05) is 6.61 Å². The Morgan fingerprint density at radius 3 is 2.59 bits per heavy atom. The quantitative estimate of drug-likeness (QED) is 0.883. The zero-order chi connectivity index (χ0) is 16.1. The summed E-state index contributed by atoms with van der Waals surface area (Å²) in [6.07, 6.45) is 4.42. The van der Waals surface area contributed by atoms with Crippen molar-refractivity contribution < 1.29 is 14.6 Å². The van der Waals surface area contributed by atoms with Crippen molar-refractivity contribution in [3.8, 4) is 17.0 Å². The number of hydrogen-bond acceptors (Lipinski definition) is 4. The average molecular weight is 302 g/mol. The second-order valence-electron chi connectivity index (χ2n) is 5.45. The summed E-state index contributed by atoms with van der Waals surface area (Å²) in [6, 6.07) is 6.81. The Morgan fingerprint density at radius 1 is 1.41 bits per heavy atom. The van der Waals surface area contributed by atoms with Gasteiger partial charge in [0.25, 0.3) is 0 Å². The molecule has 3 rings (SSSR count). The number of aromatic nitrogens is 2. The van der Waals surface area contributed by atoms with E-state index < -0.39 is 5.97 Å². The zero-order valence-electron chi connectivity index (χ0n) is 13.2. The number of aromatic hydroxyl groups is 1. The van der Waals surface area contributed by atoms with E-state index in [1.165, 1.54) is 19.0 Å². The Morgan fingerprint density at radius 2 is 2.05 bits per heavy atom. The monoisotopic (exact) mass is 302 g/mol. The number of nitrogens with zero attached hydrogens (tertiary/aromatic N) is 2. The number of phenolic OH excluding ortho intramolecular Hbond substituents is 1. The number of benzene rings is 1. The Hall–Kier alpha value is -2.30. The molecule has 1 N–H and O–H groups in total. The van der Waals surface area contributed by atoms with Gasteiger partial charge in [-0.15, -0.1) is 0 Å². The number of esters is 1. The third-order valence-electron chi connectivity index (χ3n) is 3.46. The summed E-state index contributed by atoms with van der Waals surface area (Å²) < 4.78 is 6.51. The van der Waals surface area contributed by atoms with Gasteiger partial charge in [-0.25, -0.2) is 4.79 Å². The SMILES string of the molecule is CC1CC1.CCOC(=O)c1cnn(C)c1-c1ccccc1O. The number of ether oxygens (including phenoxy) is 1. The van der Waals surface area contributed by atoms with Crippen LogP contribution in [0, 0.1) is 5.92 Å². The largest absolute Gasteiger partial charge is 0.507 e. The Balaban J connectivity index is 0.000000381. The minimum absolute atomic E-state index is 0.103. The lowest BCUT2D eigenvalue weighted by Crippen LogP contribution is -2.06. The van der Waals surface area contributed by atoms with E-state index in [2.05, 4.69) is 12.0 Å². The maximum absolute atomic E-state index is 11.8. The fourth-order valence-electron chi connectivity index (χ4n) is 1.96. The summed E-state index contributed by atoms with van der Waals surface area (Å²) in [4.78, 5) is 11.8. The van der Waals surface area contributed by atoms with Crippen molar-refractivity contribution in [1.29, 1.82) is 0 Å². The highest BCUT2D eigenvalue weighted by Crippen LogP contribution is 2.31. The summed E-state index contributed by atoms with van der Waals surface area (Å²) in [7, 11) is 1.71. The van der Waals surface area contributed by atoms with Crippen LogP contribution >= 0.6 is 0 Å². The van der Waals surface area contributed by atoms with E-state index in [0.29, 0.717) is 23.4 Å². The average Bonchev–Trinajstić information content (AvgIpc) is 3.18. The third kappa shape index (κ3) is 3.87. The fraction of sp³-hybridized carbons (Fsp3) is 0.412. The maximum atomic E-state index is 11.8. The maximum Gasteiger partial charge on any atom is 0.341 e. The lowest BCUT2D eigenvalue weighted by molar-refractivity contribution is 0.0527. The lowest BCUT2D eigenvalue weighted by Gasteiger charge is -2.07. The molecule has 0 aliphatic heterocycles. The zero-order valence-corrected chi connectivity index (χ0v) is 13.2. The molecule has 118 valence electrons. The molecule has 5 nitrogen and oxygen atoms in total. The molecule has 0 atom stereocenters. The van der Waals surface area contributed by atoms with Gasteiger partial charge in [0, 0.05) is 12.6 Å². The van der Waals surface area contributed by atoms with E-state index in [1.807, 2.05) is 0 Å². The van der Waals surface area contributed by atoms with Crippen molar-refractivity contribution >= 4 is 5.97 Å². The van der Waals surface area contributed by atoms with Gasteiger partial charge in [0.2, 0.25) is 0 Å². The summed E-state index contributed by atoms with van der Waals surface area (Å²) in [5.74, 6) is 0.746. The second-order valence-corrected chi connectivity index (χ2v) is 5.45. The van der Waals surface area contributed by atoms with Crippen LogP contribution in [0.25, 0.3) is 11.3 Å². The Labute approximate surface area is 130 Å². The summed E-state index contributed by atoms with van der Waals surface area (Å²) in [5, 5.41) is 13.9. The van der Waals surface area contributed by atoms with E-state index in [1.54, 1.807) is 42.9 Å². The van der Waals surface area contributed by atoms with Crippen LogP contribution in [0.1, 0.15) is 37.0 Å². The Kier molecular flexibility index (Phi) is 5.20. The number of para-hydroxylation sites is 1. The standard InChI is InChI=1S/C13H14N2O3.C4H8/c1-3-18-13(17)10-8-14-15(2)12(10)9-6-4-5-7-11(9)16;1-4-2-3-4/h4-8,16H,3H2,1-2H3;4H,2-3H2,1H3. The molecular weight excluding hydrogens is 280 g/mol. The first kappa shape index (κ1) is 16.1. The number of hydrogen-bond donors (Lipinski definition) is 1. The molecule has 1 aliphatic carbocycles.